The highest BCUT2D eigenvalue weighted by Gasteiger charge is 2.00. The Labute approximate surface area is 107 Å². The fourth-order valence-electron chi connectivity index (χ4n) is 1.37. The number of nitrogens with one attached hydrogen (secondary N) is 2. The molecule has 0 aliphatic heterocycles. The third kappa shape index (κ3) is 3.40. The molecular weight excluding hydrogens is 288 g/mol. The van der Waals surface area contributed by atoms with E-state index in [-0.39, 0.29) is 0 Å². The number of halogens is 1. The zero-order valence-corrected chi connectivity index (χ0v) is 11.4. The molecule has 4 nitrogen and oxygen atoms in total. The lowest BCUT2D eigenvalue weighted by atomic mass is 10.3. The highest BCUT2D eigenvalue weighted by atomic mass is 79.9. The number of aryl methyl sites for hydroxylation is 1. The smallest absolute Gasteiger partial charge is 0.151 e. The maximum Gasteiger partial charge on any atom is 0.151 e. The first kappa shape index (κ1) is 11.8. The van der Waals surface area contributed by atoms with Crippen LogP contribution in [-0.2, 0) is 13.0 Å². The van der Waals surface area contributed by atoms with E-state index in [1.54, 1.807) is 11.3 Å². The fourth-order valence-corrected chi connectivity index (χ4v) is 2.58. The third-order valence-corrected chi connectivity index (χ3v) is 3.67. The number of aromatic amines is 1. The van der Waals surface area contributed by atoms with Crippen molar-refractivity contribution in [3.63, 3.8) is 0 Å². The lowest BCUT2D eigenvalue weighted by molar-refractivity contribution is 0.672. The first-order valence-electron chi connectivity index (χ1n) is 5.05. The van der Waals surface area contributed by atoms with Gasteiger partial charge in [-0.3, -0.25) is 5.10 Å². The summed E-state index contributed by atoms with van der Waals surface area (Å²) < 4.78 is 1.17. The molecule has 0 aliphatic rings. The average molecular weight is 301 g/mol. The number of hydrogen-bond donors (Lipinski definition) is 2. The van der Waals surface area contributed by atoms with E-state index >= 15 is 0 Å². The summed E-state index contributed by atoms with van der Waals surface area (Å²) in [4.78, 5) is 4.25. The van der Waals surface area contributed by atoms with Crippen LogP contribution < -0.4 is 5.32 Å². The van der Waals surface area contributed by atoms with Crippen LogP contribution >= 0.6 is 27.3 Å². The summed E-state index contributed by atoms with van der Waals surface area (Å²) in [5.41, 5.74) is 1.31. The van der Waals surface area contributed by atoms with Gasteiger partial charge in [0.2, 0.25) is 0 Å². The van der Waals surface area contributed by atoms with Crippen LogP contribution in [0.25, 0.3) is 0 Å². The van der Waals surface area contributed by atoms with Crippen molar-refractivity contribution in [1.29, 1.82) is 0 Å². The van der Waals surface area contributed by atoms with E-state index < -0.39 is 0 Å². The van der Waals surface area contributed by atoms with Gasteiger partial charge < -0.3 is 5.32 Å². The zero-order chi connectivity index (χ0) is 11.4. The molecule has 2 aromatic heterocycles. The maximum atomic E-state index is 4.25. The van der Waals surface area contributed by atoms with E-state index in [4.69, 9.17) is 0 Å². The van der Waals surface area contributed by atoms with Crippen LogP contribution in [0.3, 0.4) is 0 Å². The molecule has 2 N–H and O–H groups in total. The Balaban J connectivity index is 1.69. The molecule has 2 heterocycles. The quantitative estimate of drug-likeness (QED) is 0.833. The zero-order valence-electron chi connectivity index (χ0n) is 8.96. The topological polar surface area (TPSA) is 53.6 Å². The van der Waals surface area contributed by atoms with E-state index in [1.807, 2.05) is 6.92 Å². The highest BCUT2D eigenvalue weighted by Crippen LogP contribution is 2.20. The van der Waals surface area contributed by atoms with Crippen molar-refractivity contribution in [2.45, 2.75) is 19.9 Å². The first-order valence-corrected chi connectivity index (χ1v) is 6.73. The maximum absolute atomic E-state index is 4.25. The molecule has 0 fully saturated rings. The van der Waals surface area contributed by atoms with Crippen LogP contribution in [0.5, 0.6) is 0 Å². The lowest BCUT2D eigenvalue weighted by Gasteiger charge is -2.00. The molecule has 16 heavy (non-hydrogen) atoms. The molecule has 0 aliphatic carbocycles. The van der Waals surface area contributed by atoms with Gasteiger partial charge in [-0.05, 0) is 39.9 Å². The van der Waals surface area contributed by atoms with Gasteiger partial charge in [0.15, 0.2) is 5.82 Å². The molecule has 0 saturated carbocycles. The first-order chi connectivity index (χ1) is 7.74. The van der Waals surface area contributed by atoms with Gasteiger partial charge in [0.25, 0.3) is 0 Å². The Morgan fingerprint density at radius 2 is 2.44 bits per heavy atom. The molecule has 0 unspecified atom stereocenters. The van der Waals surface area contributed by atoms with Gasteiger partial charge in [-0.15, -0.1) is 11.3 Å². The second-order valence-electron chi connectivity index (χ2n) is 3.52. The molecule has 0 spiro atoms. The number of thiophene rings is 1. The van der Waals surface area contributed by atoms with Crippen LogP contribution in [0, 0.1) is 6.92 Å². The Morgan fingerprint density at radius 3 is 3.06 bits per heavy atom. The molecule has 0 atom stereocenters. The Hall–Kier alpha value is -0.720. The normalized spacial score (nSPS) is 10.9. The summed E-state index contributed by atoms with van der Waals surface area (Å²) in [6.07, 6.45) is 0.857. The van der Waals surface area contributed by atoms with Crippen molar-refractivity contribution in [3.05, 3.63) is 32.4 Å². The number of aromatic nitrogens is 3. The molecule has 0 aromatic carbocycles. The van der Waals surface area contributed by atoms with Crippen molar-refractivity contribution in [2.75, 3.05) is 6.54 Å². The van der Waals surface area contributed by atoms with E-state index in [0.29, 0.717) is 0 Å². The van der Waals surface area contributed by atoms with Gasteiger partial charge >= 0.3 is 0 Å². The minimum Gasteiger partial charge on any atom is -0.312 e. The van der Waals surface area contributed by atoms with Gasteiger partial charge in [-0.25, -0.2) is 4.98 Å². The van der Waals surface area contributed by atoms with Crippen LogP contribution in [0.15, 0.2) is 15.2 Å². The minimum atomic E-state index is 0.857. The molecule has 2 rings (SSSR count). The van der Waals surface area contributed by atoms with Crippen LogP contribution in [0.2, 0.25) is 0 Å². The van der Waals surface area contributed by atoms with E-state index in [2.05, 4.69) is 47.9 Å². The molecule has 6 heteroatoms. The van der Waals surface area contributed by atoms with Crippen LogP contribution in [-0.4, -0.2) is 21.7 Å². The lowest BCUT2D eigenvalue weighted by Crippen LogP contribution is -2.16. The van der Waals surface area contributed by atoms with Crippen molar-refractivity contribution in [1.82, 2.24) is 20.5 Å². The summed E-state index contributed by atoms with van der Waals surface area (Å²) in [5.74, 6) is 1.74. The standard InChI is InChI=1S/C10H13BrN4S/c1-7-13-10(15-14-7)2-3-12-5-8-4-9(11)16-6-8/h4,6,12H,2-3,5H2,1H3,(H,13,14,15). The van der Waals surface area contributed by atoms with Gasteiger partial charge in [-0.2, -0.15) is 5.10 Å². The van der Waals surface area contributed by atoms with Crippen molar-refractivity contribution >= 4 is 27.3 Å². The number of H-pyrrole nitrogens is 1. The van der Waals surface area contributed by atoms with Crippen molar-refractivity contribution < 1.29 is 0 Å². The monoisotopic (exact) mass is 300 g/mol. The molecular formula is C10H13BrN4S. The predicted molar refractivity (Wildman–Crippen MR) is 68.5 cm³/mol. The Bertz CT molecular complexity index is 409. The molecule has 0 saturated heterocycles. The average Bonchev–Trinajstić information content (AvgIpc) is 2.83. The van der Waals surface area contributed by atoms with Crippen LogP contribution in [0.4, 0.5) is 0 Å². The predicted octanol–water partition coefficient (Wildman–Crippen LogP) is 2.27. The molecule has 0 amide bonds. The second-order valence-corrected chi connectivity index (χ2v) is 5.81. The highest BCUT2D eigenvalue weighted by molar-refractivity contribution is 9.11. The second kappa shape index (κ2) is 5.56. The molecule has 2 aromatic rings. The van der Waals surface area contributed by atoms with Gasteiger partial charge in [0.1, 0.15) is 5.82 Å². The fraction of sp³-hybridized carbons (Fsp3) is 0.400. The molecule has 86 valence electrons. The summed E-state index contributed by atoms with van der Waals surface area (Å²) in [6, 6.07) is 2.13. The minimum absolute atomic E-state index is 0.857. The number of rotatable bonds is 5. The van der Waals surface area contributed by atoms with E-state index in [9.17, 15) is 0 Å². The number of nitrogens with zero attached hydrogens (tertiary/aromatic N) is 2. The largest absolute Gasteiger partial charge is 0.312 e. The van der Waals surface area contributed by atoms with Crippen molar-refractivity contribution in [3.8, 4) is 0 Å². The summed E-state index contributed by atoms with van der Waals surface area (Å²) in [5, 5.41) is 12.4. The van der Waals surface area contributed by atoms with E-state index in [1.165, 1.54) is 9.35 Å². The summed E-state index contributed by atoms with van der Waals surface area (Å²) in [6.45, 7) is 3.70. The molecule has 0 bridgehead atoms. The summed E-state index contributed by atoms with van der Waals surface area (Å²) >= 11 is 5.16. The molecule has 0 radical (unpaired) electrons. The number of hydrogen-bond acceptors (Lipinski definition) is 4. The van der Waals surface area contributed by atoms with Gasteiger partial charge in [0.05, 0.1) is 3.79 Å². The Morgan fingerprint density at radius 1 is 1.56 bits per heavy atom. The SMILES string of the molecule is Cc1nc(CCNCc2csc(Br)c2)n[nH]1. The summed E-state index contributed by atoms with van der Waals surface area (Å²) in [7, 11) is 0. The van der Waals surface area contributed by atoms with Gasteiger partial charge in [0, 0.05) is 19.5 Å². The third-order valence-electron chi connectivity index (χ3n) is 2.12. The van der Waals surface area contributed by atoms with E-state index in [0.717, 1.165) is 31.2 Å². The Kier molecular flexibility index (Phi) is 4.09. The van der Waals surface area contributed by atoms with Crippen LogP contribution in [0.1, 0.15) is 17.2 Å². The van der Waals surface area contributed by atoms with Gasteiger partial charge in [-0.1, -0.05) is 0 Å². The van der Waals surface area contributed by atoms with Crippen molar-refractivity contribution in [2.24, 2.45) is 0 Å².